The highest BCUT2D eigenvalue weighted by atomic mass is 32.2. The molecule has 0 unspecified atom stereocenters. The van der Waals surface area contributed by atoms with Gasteiger partial charge >= 0.3 is 0 Å². The first-order valence-corrected chi connectivity index (χ1v) is 10.1. The van der Waals surface area contributed by atoms with Gasteiger partial charge in [0.2, 0.25) is 15.9 Å². The maximum Gasteiger partial charge on any atom is 0.240 e. The molecule has 0 radical (unpaired) electrons. The van der Waals surface area contributed by atoms with Crippen LogP contribution in [0.3, 0.4) is 0 Å². The number of aryl methyl sites for hydroxylation is 1. The Balaban J connectivity index is 1.96. The lowest BCUT2D eigenvalue weighted by Crippen LogP contribution is -2.41. The van der Waals surface area contributed by atoms with Crippen molar-refractivity contribution in [1.82, 2.24) is 5.32 Å². The van der Waals surface area contributed by atoms with Gasteiger partial charge in [-0.25, -0.2) is 8.42 Å². The third kappa shape index (κ3) is 5.49. The Morgan fingerprint density at radius 3 is 2.42 bits per heavy atom. The second-order valence-electron chi connectivity index (χ2n) is 6.00. The summed E-state index contributed by atoms with van der Waals surface area (Å²) in [5.74, 6) is 0.336. The van der Waals surface area contributed by atoms with Gasteiger partial charge in [0.25, 0.3) is 0 Å². The van der Waals surface area contributed by atoms with Crippen LogP contribution in [0.1, 0.15) is 11.1 Å². The van der Waals surface area contributed by atoms with Gasteiger partial charge < -0.3 is 10.1 Å². The number of hydrogen-bond donors (Lipinski definition) is 1. The number of anilines is 1. The number of nitrogens with zero attached hydrogens (tertiary/aromatic N) is 1. The molecule has 2 rings (SSSR count). The molecule has 7 heteroatoms. The fraction of sp³-hybridized carbons (Fsp3) is 0.316. The number of carbonyl (C=O) groups excluding carboxylic acids is 1. The molecular formula is C19H24N2O4S. The van der Waals surface area contributed by atoms with Crippen LogP contribution >= 0.6 is 0 Å². The summed E-state index contributed by atoms with van der Waals surface area (Å²) in [6.07, 6.45) is 1.10. The summed E-state index contributed by atoms with van der Waals surface area (Å²) in [7, 11) is -3.58. The topological polar surface area (TPSA) is 75.7 Å². The molecule has 1 amide bonds. The van der Waals surface area contributed by atoms with E-state index in [9.17, 15) is 13.2 Å². The predicted octanol–water partition coefficient (Wildman–Crippen LogP) is 2.26. The van der Waals surface area contributed by atoms with Crippen LogP contribution in [0.15, 0.2) is 48.5 Å². The molecule has 1 N–H and O–H groups in total. The van der Waals surface area contributed by atoms with Crippen molar-refractivity contribution in [3.8, 4) is 5.75 Å². The molecule has 6 nitrogen and oxygen atoms in total. The molecule has 2 aromatic carbocycles. The first-order chi connectivity index (χ1) is 12.3. The number of hydrogen-bond acceptors (Lipinski definition) is 4. The average molecular weight is 376 g/mol. The zero-order chi connectivity index (χ0) is 19.2. The molecule has 0 spiro atoms. The molecule has 0 saturated heterocycles. The molecule has 0 aliphatic rings. The Kier molecular flexibility index (Phi) is 6.63. The molecular weight excluding hydrogens is 352 g/mol. The summed E-state index contributed by atoms with van der Waals surface area (Å²) in [4.78, 5) is 12.2. The van der Waals surface area contributed by atoms with E-state index in [1.165, 1.54) is 0 Å². The average Bonchev–Trinajstić information content (AvgIpc) is 2.59. The minimum Gasteiger partial charge on any atom is -0.492 e. The molecule has 140 valence electrons. The van der Waals surface area contributed by atoms with Gasteiger partial charge in [0.15, 0.2) is 0 Å². The lowest BCUT2D eigenvalue weighted by Gasteiger charge is -2.24. The molecule has 0 heterocycles. The van der Waals surface area contributed by atoms with Crippen LogP contribution in [0.4, 0.5) is 5.69 Å². The van der Waals surface area contributed by atoms with Gasteiger partial charge in [-0.15, -0.1) is 0 Å². The molecule has 26 heavy (non-hydrogen) atoms. The van der Waals surface area contributed by atoms with Crippen LogP contribution in [0, 0.1) is 13.8 Å². The first-order valence-electron chi connectivity index (χ1n) is 8.27. The highest BCUT2D eigenvalue weighted by Gasteiger charge is 2.22. The van der Waals surface area contributed by atoms with Crippen molar-refractivity contribution < 1.29 is 17.9 Å². The van der Waals surface area contributed by atoms with Gasteiger partial charge in [0, 0.05) is 0 Å². The monoisotopic (exact) mass is 376 g/mol. The SMILES string of the molecule is Cc1cccc(N(CC(=O)NCCOc2ccccc2)S(C)(=O)=O)c1C. The van der Waals surface area contributed by atoms with E-state index in [2.05, 4.69) is 5.32 Å². The van der Waals surface area contributed by atoms with Crippen LogP contribution in [-0.2, 0) is 14.8 Å². The molecule has 0 saturated carbocycles. The third-order valence-corrected chi connectivity index (χ3v) is 5.09. The summed E-state index contributed by atoms with van der Waals surface area (Å²) in [5, 5.41) is 2.69. The van der Waals surface area contributed by atoms with E-state index in [0.29, 0.717) is 12.3 Å². The summed E-state index contributed by atoms with van der Waals surface area (Å²) < 4.78 is 31.0. The number of rotatable bonds is 8. The van der Waals surface area contributed by atoms with E-state index in [1.807, 2.05) is 50.2 Å². The third-order valence-electron chi connectivity index (χ3n) is 3.97. The van der Waals surface area contributed by atoms with Crippen molar-refractivity contribution in [1.29, 1.82) is 0 Å². The van der Waals surface area contributed by atoms with Crippen molar-refractivity contribution in [2.24, 2.45) is 0 Å². The van der Waals surface area contributed by atoms with Gasteiger partial charge in [-0.3, -0.25) is 9.10 Å². The number of nitrogens with one attached hydrogen (secondary N) is 1. The van der Waals surface area contributed by atoms with E-state index in [4.69, 9.17) is 4.74 Å². The van der Waals surface area contributed by atoms with Crippen molar-refractivity contribution in [3.63, 3.8) is 0 Å². The van der Waals surface area contributed by atoms with Gasteiger partial charge in [-0.1, -0.05) is 30.3 Å². The second kappa shape index (κ2) is 8.71. The molecule has 0 atom stereocenters. The summed E-state index contributed by atoms with van der Waals surface area (Å²) in [5.41, 5.74) is 2.31. The minimum atomic E-state index is -3.58. The van der Waals surface area contributed by atoms with Crippen LogP contribution in [-0.4, -0.2) is 40.3 Å². The maximum atomic E-state index is 12.2. The zero-order valence-electron chi connectivity index (χ0n) is 15.2. The van der Waals surface area contributed by atoms with E-state index >= 15 is 0 Å². The Morgan fingerprint density at radius 1 is 1.08 bits per heavy atom. The van der Waals surface area contributed by atoms with Crippen LogP contribution in [0.2, 0.25) is 0 Å². The normalized spacial score (nSPS) is 11.0. The highest BCUT2D eigenvalue weighted by Crippen LogP contribution is 2.24. The molecule has 2 aromatic rings. The fourth-order valence-corrected chi connectivity index (χ4v) is 3.36. The highest BCUT2D eigenvalue weighted by molar-refractivity contribution is 7.92. The predicted molar refractivity (Wildman–Crippen MR) is 103 cm³/mol. The first kappa shape index (κ1) is 19.8. The number of carbonyl (C=O) groups is 1. The Labute approximate surface area is 154 Å². The van der Waals surface area contributed by atoms with E-state index in [1.54, 1.807) is 12.1 Å². The van der Waals surface area contributed by atoms with Gasteiger partial charge in [-0.2, -0.15) is 0 Å². The summed E-state index contributed by atoms with van der Waals surface area (Å²) in [6.45, 7) is 4.07. The summed E-state index contributed by atoms with van der Waals surface area (Å²) >= 11 is 0. The van der Waals surface area contributed by atoms with Crippen LogP contribution in [0.25, 0.3) is 0 Å². The van der Waals surface area contributed by atoms with Crippen molar-refractivity contribution >= 4 is 21.6 Å². The van der Waals surface area contributed by atoms with Crippen LogP contribution < -0.4 is 14.4 Å². The van der Waals surface area contributed by atoms with Gasteiger partial charge in [-0.05, 0) is 43.2 Å². The van der Waals surface area contributed by atoms with E-state index < -0.39 is 10.0 Å². The number of amides is 1. The Morgan fingerprint density at radius 2 is 1.77 bits per heavy atom. The number of benzene rings is 2. The van der Waals surface area contributed by atoms with E-state index in [-0.39, 0.29) is 19.0 Å². The largest absolute Gasteiger partial charge is 0.492 e. The number of ether oxygens (including phenoxy) is 1. The molecule has 0 bridgehead atoms. The lowest BCUT2D eigenvalue weighted by molar-refractivity contribution is -0.119. The zero-order valence-corrected chi connectivity index (χ0v) is 16.0. The minimum absolute atomic E-state index is 0.269. The number of sulfonamides is 1. The lowest BCUT2D eigenvalue weighted by atomic mass is 10.1. The van der Waals surface area contributed by atoms with Crippen LogP contribution in [0.5, 0.6) is 5.75 Å². The fourth-order valence-electron chi connectivity index (χ4n) is 2.45. The Hall–Kier alpha value is -2.54. The van der Waals surface area contributed by atoms with Crippen molar-refractivity contribution in [3.05, 3.63) is 59.7 Å². The van der Waals surface area contributed by atoms with E-state index in [0.717, 1.165) is 27.4 Å². The molecule has 0 aliphatic carbocycles. The van der Waals surface area contributed by atoms with Crippen molar-refractivity contribution in [2.75, 3.05) is 30.3 Å². The smallest absolute Gasteiger partial charge is 0.240 e. The standard InChI is InChI=1S/C19H24N2O4S/c1-15-8-7-11-18(16(15)2)21(26(3,23)24)14-19(22)20-12-13-25-17-9-5-4-6-10-17/h4-11H,12-14H2,1-3H3,(H,20,22). The summed E-state index contributed by atoms with van der Waals surface area (Å²) in [6, 6.07) is 14.7. The Bertz CT molecular complexity index is 851. The van der Waals surface area contributed by atoms with Gasteiger partial charge in [0.1, 0.15) is 18.9 Å². The van der Waals surface area contributed by atoms with Crippen molar-refractivity contribution in [2.45, 2.75) is 13.8 Å². The maximum absolute atomic E-state index is 12.2. The molecule has 0 fully saturated rings. The molecule has 0 aliphatic heterocycles. The van der Waals surface area contributed by atoms with Gasteiger partial charge in [0.05, 0.1) is 18.5 Å². The quantitative estimate of drug-likeness (QED) is 0.717. The number of para-hydroxylation sites is 1. The molecule has 0 aromatic heterocycles. The second-order valence-corrected chi connectivity index (χ2v) is 7.91.